The molecule has 0 saturated heterocycles. The van der Waals surface area contributed by atoms with Crippen LogP contribution in [0, 0.1) is 4.77 Å². The van der Waals surface area contributed by atoms with E-state index in [9.17, 15) is 0 Å². The summed E-state index contributed by atoms with van der Waals surface area (Å²) in [5.41, 5.74) is 2.00. The minimum atomic E-state index is 0.435. The van der Waals surface area contributed by atoms with Gasteiger partial charge in [0.2, 0.25) is 4.77 Å². The molecule has 1 aromatic heterocycles. The van der Waals surface area contributed by atoms with Gasteiger partial charge in [-0.25, -0.2) is 5.10 Å². The van der Waals surface area contributed by atoms with Crippen LogP contribution in [0.4, 0.5) is 0 Å². The number of H-pyrrole nitrogens is 1. The number of hydrogen-bond acceptors (Lipinski definition) is 4. The summed E-state index contributed by atoms with van der Waals surface area (Å²) in [7, 11) is 1.63. The first-order valence-electron chi connectivity index (χ1n) is 7.36. The van der Waals surface area contributed by atoms with Crippen LogP contribution >= 0.6 is 12.2 Å². The van der Waals surface area contributed by atoms with Crippen molar-refractivity contribution in [1.29, 1.82) is 0 Å². The molecule has 0 saturated carbocycles. The molecule has 0 spiro atoms. The number of benzene rings is 2. The molecule has 3 rings (SSSR count). The normalized spacial score (nSPS) is 11.4. The highest BCUT2D eigenvalue weighted by molar-refractivity contribution is 7.71. The fourth-order valence-electron chi connectivity index (χ4n) is 2.15. The van der Waals surface area contributed by atoms with E-state index in [-0.39, 0.29) is 0 Å². The lowest BCUT2D eigenvalue weighted by molar-refractivity contribution is 0.415. The van der Waals surface area contributed by atoms with Crippen LogP contribution in [0.5, 0.6) is 5.75 Å². The van der Waals surface area contributed by atoms with Crippen LogP contribution in [-0.2, 0) is 0 Å². The second-order valence-electron chi connectivity index (χ2n) is 4.93. The van der Waals surface area contributed by atoms with E-state index in [1.807, 2.05) is 66.7 Å². The molecule has 1 N–H and O–H groups in total. The largest absolute Gasteiger partial charge is 0.497 e. The summed E-state index contributed by atoms with van der Waals surface area (Å²) >= 11 is 5.25. The van der Waals surface area contributed by atoms with Crippen LogP contribution in [-0.4, -0.2) is 28.2 Å². The van der Waals surface area contributed by atoms with Gasteiger partial charge in [0, 0.05) is 11.8 Å². The van der Waals surface area contributed by atoms with E-state index >= 15 is 0 Å². The van der Waals surface area contributed by atoms with Crippen molar-refractivity contribution in [3.8, 4) is 17.1 Å². The number of aromatic amines is 1. The molecule has 0 aliphatic rings. The van der Waals surface area contributed by atoms with Crippen molar-refractivity contribution in [2.24, 2.45) is 5.10 Å². The van der Waals surface area contributed by atoms with Gasteiger partial charge in [-0.15, -0.1) is 0 Å². The number of rotatable bonds is 5. The molecule has 1 heterocycles. The number of ether oxygens (including phenoxy) is 1. The van der Waals surface area contributed by atoms with Gasteiger partial charge in [-0.2, -0.15) is 14.9 Å². The molecule has 5 nitrogen and oxygen atoms in total. The van der Waals surface area contributed by atoms with Crippen LogP contribution in [0.1, 0.15) is 5.56 Å². The van der Waals surface area contributed by atoms with E-state index in [4.69, 9.17) is 17.0 Å². The van der Waals surface area contributed by atoms with Gasteiger partial charge in [-0.1, -0.05) is 36.4 Å². The fraction of sp³-hybridized carbons (Fsp3) is 0.0556. The minimum Gasteiger partial charge on any atom is -0.497 e. The predicted molar refractivity (Wildman–Crippen MR) is 98.8 cm³/mol. The van der Waals surface area contributed by atoms with Crippen LogP contribution in [0.3, 0.4) is 0 Å². The quantitative estimate of drug-likeness (QED) is 0.562. The van der Waals surface area contributed by atoms with Crippen molar-refractivity contribution in [2.75, 3.05) is 7.11 Å². The second kappa shape index (κ2) is 7.52. The molecule has 0 bridgehead atoms. The Morgan fingerprint density at radius 1 is 1.12 bits per heavy atom. The SMILES string of the molecule is COc1ccc(-c2n[nH]c(=S)n2/N=C\C=C\c2ccccc2)cc1. The van der Waals surface area contributed by atoms with Crippen LogP contribution < -0.4 is 4.74 Å². The molecule has 0 radical (unpaired) electrons. The van der Waals surface area contributed by atoms with Crippen LogP contribution in [0.15, 0.2) is 65.8 Å². The van der Waals surface area contributed by atoms with Gasteiger partial charge in [0.15, 0.2) is 5.82 Å². The average molecular weight is 336 g/mol. The number of hydrogen-bond donors (Lipinski definition) is 1. The lowest BCUT2D eigenvalue weighted by Crippen LogP contribution is -1.93. The van der Waals surface area contributed by atoms with Gasteiger partial charge < -0.3 is 4.74 Å². The zero-order valence-electron chi connectivity index (χ0n) is 13.1. The fourth-order valence-corrected chi connectivity index (χ4v) is 2.33. The van der Waals surface area contributed by atoms with E-state index in [0.717, 1.165) is 16.9 Å². The summed E-state index contributed by atoms with van der Waals surface area (Å²) in [6.07, 6.45) is 5.52. The Hall–Kier alpha value is -2.99. The van der Waals surface area contributed by atoms with E-state index in [1.54, 1.807) is 18.0 Å². The van der Waals surface area contributed by atoms with Gasteiger partial charge in [0.25, 0.3) is 0 Å². The van der Waals surface area contributed by atoms with Gasteiger partial charge in [0.05, 0.1) is 7.11 Å². The molecule has 0 atom stereocenters. The third-order valence-corrected chi connectivity index (χ3v) is 3.62. The topological polar surface area (TPSA) is 55.2 Å². The first kappa shape index (κ1) is 15.9. The molecular formula is C18H16N4OS. The Labute approximate surface area is 144 Å². The van der Waals surface area contributed by atoms with Crippen molar-refractivity contribution < 1.29 is 4.74 Å². The van der Waals surface area contributed by atoms with E-state index in [0.29, 0.717) is 10.6 Å². The Bertz CT molecular complexity index is 908. The summed E-state index contributed by atoms with van der Waals surface area (Å²) < 4.78 is 7.19. The molecule has 0 fully saturated rings. The van der Waals surface area contributed by atoms with E-state index in [1.165, 1.54) is 0 Å². The monoisotopic (exact) mass is 336 g/mol. The van der Waals surface area contributed by atoms with E-state index < -0.39 is 0 Å². The maximum Gasteiger partial charge on any atom is 0.216 e. The van der Waals surface area contributed by atoms with Crippen LogP contribution in [0.25, 0.3) is 17.5 Å². The maximum atomic E-state index is 5.25. The number of allylic oxidation sites excluding steroid dienone is 1. The minimum absolute atomic E-state index is 0.435. The zero-order valence-corrected chi connectivity index (χ0v) is 13.9. The van der Waals surface area contributed by atoms with Crippen molar-refractivity contribution in [2.45, 2.75) is 0 Å². The third kappa shape index (κ3) is 3.67. The first-order chi connectivity index (χ1) is 11.8. The average Bonchev–Trinajstić information content (AvgIpc) is 3.00. The van der Waals surface area contributed by atoms with E-state index in [2.05, 4.69) is 15.3 Å². The molecule has 0 aliphatic carbocycles. The number of nitrogens with zero attached hydrogens (tertiary/aromatic N) is 3. The summed E-state index contributed by atoms with van der Waals surface area (Å²) in [6.45, 7) is 0. The number of aromatic nitrogens is 3. The van der Waals surface area contributed by atoms with Gasteiger partial charge in [0.1, 0.15) is 5.75 Å². The third-order valence-electron chi connectivity index (χ3n) is 3.36. The maximum absolute atomic E-state index is 5.25. The Kier molecular flexibility index (Phi) is 4.98. The Morgan fingerprint density at radius 2 is 1.88 bits per heavy atom. The highest BCUT2D eigenvalue weighted by Gasteiger charge is 2.07. The molecular weight excluding hydrogens is 320 g/mol. The van der Waals surface area contributed by atoms with Crippen molar-refractivity contribution in [3.05, 3.63) is 71.0 Å². The lowest BCUT2D eigenvalue weighted by Gasteiger charge is -2.02. The Balaban J connectivity index is 1.83. The number of methoxy groups -OCH3 is 1. The van der Waals surface area contributed by atoms with Crippen LogP contribution in [0.2, 0.25) is 0 Å². The second-order valence-corrected chi connectivity index (χ2v) is 5.31. The first-order valence-corrected chi connectivity index (χ1v) is 7.76. The highest BCUT2D eigenvalue weighted by atomic mass is 32.1. The molecule has 24 heavy (non-hydrogen) atoms. The molecule has 6 heteroatoms. The summed E-state index contributed by atoms with van der Waals surface area (Å²) in [6, 6.07) is 17.6. The molecule has 0 aliphatic heterocycles. The highest BCUT2D eigenvalue weighted by Crippen LogP contribution is 2.20. The molecule has 0 amide bonds. The van der Waals surface area contributed by atoms with Crippen molar-refractivity contribution >= 4 is 24.5 Å². The molecule has 3 aromatic rings. The number of nitrogens with one attached hydrogen (secondary N) is 1. The predicted octanol–water partition coefficient (Wildman–Crippen LogP) is 4.16. The smallest absolute Gasteiger partial charge is 0.216 e. The molecule has 120 valence electrons. The molecule has 0 unspecified atom stereocenters. The zero-order chi connectivity index (χ0) is 16.8. The van der Waals surface area contributed by atoms with Gasteiger partial charge in [-0.3, -0.25) is 0 Å². The summed E-state index contributed by atoms with van der Waals surface area (Å²) in [4.78, 5) is 0. The lowest BCUT2D eigenvalue weighted by atomic mass is 10.2. The van der Waals surface area contributed by atoms with Crippen molar-refractivity contribution in [1.82, 2.24) is 14.9 Å². The van der Waals surface area contributed by atoms with Crippen molar-refractivity contribution in [3.63, 3.8) is 0 Å². The summed E-state index contributed by atoms with van der Waals surface area (Å²) in [5.74, 6) is 1.43. The Morgan fingerprint density at radius 3 is 2.58 bits per heavy atom. The standard InChI is InChI=1S/C18H16N4OS/c1-23-16-11-9-15(10-12-16)17-20-21-18(24)22(17)19-13-5-8-14-6-3-2-4-7-14/h2-13H,1H3,(H,21,24)/b8-5+,19-13-. The summed E-state index contributed by atoms with van der Waals surface area (Å²) in [5, 5.41) is 11.4. The van der Waals surface area contributed by atoms with Gasteiger partial charge in [-0.05, 0) is 48.1 Å². The molecule has 2 aromatic carbocycles. The van der Waals surface area contributed by atoms with Gasteiger partial charge >= 0.3 is 0 Å².